The Morgan fingerprint density at radius 2 is 1.58 bits per heavy atom. The average Bonchev–Trinajstić information content (AvgIpc) is 2.77. The van der Waals surface area contributed by atoms with E-state index >= 15 is 0 Å². The standard InChI is InChI=1S/C20H20O4/c1-11-12(2)20(3,13-7-5-4-6-8-13)17-14(11)9-10-15(18(21)22)16(17)19(23)24/h4-12H,1-3H3,(H,21,22)(H,23,24). The minimum Gasteiger partial charge on any atom is -0.478 e. The van der Waals surface area contributed by atoms with Crippen LogP contribution in [-0.2, 0) is 5.41 Å². The molecule has 0 fully saturated rings. The third-order valence-corrected chi connectivity index (χ3v) is 5.73. The van der Waals surface area contributed by atoms with Gasteiger partial charge in [0, 0.05) is 5.41 Å². The molecule has 1 aliphatic carbocycles. The second kappa shape index (κ2) is 5.48. The van der Waals surface area contributed by atoms with Crippen LogP contribution < -0.4 is 0 Å². The first-order chi connectivity index (χ1) is 11.3. The summed E-state index contributed by atoms with van der Waals surface area (Å²) in [5, 5.41) is 19.2. The van der Waals surface area contributed by atoms with Crippen molar-refractivity contribution in [1.29, 1.82) is 0 Å². The van der Waals surface area contributed by atoms with Gasteiger partial charge in [-0.3, -0.25) is 0 Å². The number of hydrogen-bond acceptors (Lipinski definition) is 2. The third-order valence-electron chi connectivity index (χ3n) is 5.73. The molecule has 0 saturated heterocycles. The Balaban J connectivity index is 2.41. The lowest BCUT2D eigenvalue weighted by atomic mass is 9.69. The van der Waals surface area contributed by atoms with Crippen molar-refractivity contribution in [3.63, 3.8) is 0 Å². The number of carbonyl (C=O) groups is 2. The Bertz CT molecular complexity index is 825. The van der Waals surface area contributed by atoms with Crippen molar-refractivity contribution in [2.75, 3.05) is 0 Å². The molecule has 4 nitrogen and oxygen atoms in total. The van der Waals surface area contributed by atoms with Crippen molar-refractivity contribution in [1.82, 2.24) is 0 Å². The molecular formula is C20H20O4. The molecular weight excluding hydrogens is 304 g/mol. The van der Waals surface area contributed by atoms with Crippen LogP contribution in [0, 0.1) is 5.92 Å². The average molecular weight is 324 g/mol. The molecule has 0 heterocycles. The number of aromatic carboxylic acids is 2. The lowest BCUT2D eigenvalue weighted by Gasteiger charge is -2.33. The fourth-order valence-corrected chi connectivity index (χ4v) is 4.15. The predicted octanol–water partition coefficient (Wildman–Crippen LogP) is 4.14. The zero-order valence-electron chi connectivity index (χ0n) is 13.9. The van der Waals surface area contributed by atoms with Gasteiger partial charge in [0.05, 0.1) is 11.1 Å². The van der Waals surface area contributed by atoms with Crippen molar-refractivity contribution in [2.45, 2.75) is 32.1 Å². The molecule has 24 heavy (non-hydrogen) atoms. The van der Waals surface area contributed by atoms with Crippen molar-refractivity contribution in [2.24, 2.45) is 5.92 Å². The SMILES string of the molecule is CC1c2ccc(C(=O)O)c(C(=O)O)c2C(C)(c2ccccc2)C1C. The molecule has 0 spiro atoms. The Morgan fingerprint density at radius 1 is 0.958 bits per heavy atom. The monoisotopic (exact) mass is 324 g/mol. The molecule has 0 radical (unpaired) electrons. The smallest absolute Gasteiger partial charge is 0.336 e. The van der Waals surface area contributed by atoms with Gasteiger partial charge in [0.1, 0.15) is 0 Å². The highest BCUT2D eigenvalue weighted by atomic mass is 16.4. The summed E-state index contributed by atoms with van der Waals surface area (Å²) in [7, 11) is 0. The van der Waals surface area contributed by atoms with Crippen molar-refractivity contribution >= 4 is 11.9 Å². The highest BCUT2D eigenvalue weighted by Gasteiger charge is 2.49. The Labute approximate surface area is 140 Å². The first-order valence-electron chi connectivity index (χ1n) is 7.99. The summed E-state index contributed by atoms with van der Waals surface area (Å²) in [6.45, 7) is 6.20. The lowest BCUT2D eigenvalue weighted by Crippen LogP contribution is -2.31. The van der Waals surface area contributed by atoms with Crippen LogP contribution in [0.5, 0.6) is 0 Å². The Hall–Kier alpha value is -2.62. The van der Waals surface area contributed by atoms with E-state index in [1.807, 2.05) is 37.3 Å². The maximum absolute atomic E-state index is 12.0. The highest BCUT2D eigenvalue weighted by molar-refractivity contribution is 6.03. The van der Waals surface area contributed by atoms with Gasteiger partial charge >= 0.3 is 11.9 Å². The molecule has 3 unspecified atom stereocenters. The van der Waals surface area contributed by atoms with Crippen LogP contribution in [0.3, 0.4) is 0 Å². The van der Waals surface area contributed by atoms with E-state index in [1.165, 1.54) is 6.07 Å². The zero-order chi connectivity index (χ0) is 17.6. The van der Waals surface area contributed by atoms with E-state index in [9.17, 15) is 19.8 Å². The largest absolute Gasteiger partial charge is 0.478 e. The minimum atomic E-state index is -1.21. The van der Waals surface area contributed by atoms with E-state index in [2.05, 4.69) is 13.8 Å². The summed E-state index contributed by atoms with van der Waals surface area (Å²) in [5.74, 6) is -2.10. The highest BCUT2D eigenvalue weighted by Crippen LogP contribution is 2.55. The normalized spacial score (nSPS) is 25.3. The Morgan fingerprint density at radius 3 is 2.12 bits per heavy atom. The summed E-state index contributed by atoms with van der Waals surface area (Å²) >= 11 is 0. The number of fused-ring (bicyclic) bond motifs is 1. The van der Waals surface area contributed by atoms with Crippen molar-refractivity contribution < 1.29 is 19.8 Å². The number of carboxylic acid groups (broad SMARTS) is 2. The first-order valence-corrected chi connectivity index (χ1v) is 7.99. The molecule has 0 amide bonds. The van der Waals surface area contributed by atoms with Crippen LogP contribution in [0.15, 0.2) is 42.5 Å². The van der Waals surface area contributed by atoms with E-state index < -0.39 is 17.4 Å². The summed E-state index contributed by atoms with van der Waals surface area (Å²) in [6.07, 6.45) is 0. The minimum absolute atomic E-state index is 0.0810. The predicted molar refractivity (Wildman–Crippen MR) is 90.8 cm³/mol. The van der Waals surface area contributed by atoms with Gasteiger partial charge in [0.2, 0.25) is 0 Å². The number of rotatable bonds is 3. The van der Waals surface area contributed by atoms with Gasteiger partial charge in [-0.25, -0.2) is 9.59 Å². The second-order valence-corrected chi connectivity index (χ2v) is 6.71. The fourth-order valence-electron chi connectivity index (χ4n) is 4.15. The quantitative estimate of drug-likeness (QED) is 0.889. The van der Waals surface area contributed by atoms with Crippen molar-refractivity contribution in [3.05, 3.63) is 70.3 Å². The molecule has 2 aromatic carbocycles. The van der Waals surface area contributed by atoms with E-state index in [4.69, 9.17) is 0 Å². The van der Waals surface area contributed by atoms with Gasteiger partial charge in [0.15, 0.2) is 0 Å². The maximum Gasteiger partial charge on any atom is 0.336 e. The number of hydrogen-bond donors (Lipinski definition) is 2. The molecule has 3 rings (SSSR count). The van der Waals surface area contributed by atoms with E-state index in [1.54, 1.807) is 6.07 Å². The Kier molecular flexibility index (Phi) is 3.71. The molecule has 0 bridgehead atoms. The second-order valence-electron chi connectivity index (χ2n) is 6.71. The molecule has 124 valence electrons. The van der Waals surface area contributed by atoms with Crippen LogP contribution in [0.25, 0.3) is 0 Å². The molecule has 4 heteroatoms. The third kappa shape index (κ3) is 2.06. The van der Waals surface area contributed by atoms with Crippen LogP contribution in [-0.4, -0.2) is 22.2 Å². The molecule has 0 saturated carbocycles. The van der Waals surface area contributed by atoms with E-state index in [-0.39, 0.29) is 23.0 Å². The van der Waals surface area contributed by atoms with E-state index in [0.29, 0.717) is 5.56 Å². The van der Waals surface area contributed by atoms with Crippen LogP contribution in [0.1, 0.15) is 64.1 Å². The van der Waals surface area contributed by atoms with Gasteiger partial charge in [-0.05, 0) is 34.6 Å². The summed E-state index contributed by atoms with van der Waals surface area (Å²) in [6, 6.07) is 12.9. The van der Waals surface area contributed by atoms with E-state index in [0.717, 1.165) is 11.1 Å². The summed E-state index contributed by atoms with van der Waals surface area (Å²) in [5.41, 5.74) is 1.80. The molecule has 0 aliphatic heterocycles. The molecule has 2 N–H and O–H groups in total. The van der Waals surface area contributed by atoms with Crippen LogP contribution in [0.2, 0.25) is 0 Å². The number of benzene rings is 2. The summed E-state index contributed by atoms with van der Waals surface area (Å²) in [4.78, 5) is 23.5. The maximum atomic E-state index is 12.0. The topological polar surface area (TPSA) is 74.6 Å². The molecule has 1 aliphatic rings. The zero-order valence-corrected chi connectivity index (χ0v) is 13.9. The van der Waals surface area contributed by atoms with Crippen LogP contribution >= 0.6 is 0 Å². The summed E-state index contributed by atoms with van der Waals surface area (Å²) < 4.78 is 0. The molecule has 2 aromatic rings. The van der Waals surface area contributed by atoms with Gasteiger partial charge in [0.25, 0.3) is 0 Å². The molecule has 3 atom stereocenters. The van der Waals surface area contributed by atoms with Crippen LogP contribution in [0.4, 0.5) is 0 Å². The van der Waals surface area contributed by atoms with Gasteiger partial charge in [-0.2, -0.15) is 0 Å². The van der Waals surface area contributed by atoms with Crippen molar-refractivity contribution in [3.8, 4) is 0 Å². The van der Waals surface area contributed by atoms with Gasteiger partial charge in [-0.1, -0.05) is 57.2 Å². The number of carboxylic acids is 2. The fraction of sp³-hybridized carbons (Fsp3) is 0.300. The van der Waals surface area contributed by atoms with Gasteiger partial charge in [-0.15, -0.1) is 0 Å². The lowest BCUT2D eigenvalue weighted by molar-refractivity contribution is 0.0649. The molecule has 0 aromatic heterocycles. The first kappa shape index (κ1) is 16.2. The van der Waals surface area contributed by atoms with Gasteiger partial charge < -0.3 is 10.2 Å².